The smallest absolute Gasteiger partial charge is 0.404 e. The monoisotopic (exact) mass is 217 g/mol. The Morgan fingerprint density at radius 3 is 2.53 bits per heavy atom. The normalized spacial score (nSPS) is 26.2. The number of aliphatic hydroxyl groups excluding tert-OH is 1. The maximum Gasteiger partial charge on any atom is 0.404 e. The van der Waals surface area contributed by atoms with Crippen LogP contribution in [0.15, 0.2) is 0 Å². The van der Waals surface area contributed by atoms with E-state index in [-0.39, 0.29) is 18.8 Å². The first kappa shape index (κ1) is 12.3. The van der Waals surface area contributed by atoms with Crippen molar-refractivity contribution in [2.75, 3.05) is 13.2 Å². The average molecular weight is 217 g/mol. The summed E-state index contributed by atoms with van der Waals surface area (Å²) in [5, 5.41) is 19.6. The molecule has 3 N–H and O–H groups in total. The van der Waals surface area contributed by atoms with Crippen molar-refractivity contribution in [3.63, 3.8) is 0 Å². The Kier molecular flexibility index (Phi) is 5.42. The summed E-state index contributed by atoms with van der Waals surface area (Å²) >= 11 is 0. The lowest BCUT2D eigenvalue weighted by molar-refractivity contribution is 0.0161. The molecule has 0 unspecified atom stereocenters. The molecule has 0 atom stereocenters. The fourth-order valence-corrected chi connectivity index (χ4v) is 1.86. The molecule has 0 aromatic heterocycles. The van der Waals surface area contributed by atoms with Gasteiger partial charge in [0.25, 0.3) is 0 Å². The van der Waals surface area contributed by atoms with Crippen molar-refractivity contribution < 1.29 is 19.7 Å². The number of carboxylic acid groups (broad SMARTS) is 1. The van der Waals surface area contributed by atoms with Crippen molar-refractivity contribution in [1.29, 1.82) is 0 Å². The van der Waals surface area contributed by atoms with E-state index in [1.54, 1.807) is 0 Å². The highest BCUT2D eigenvalue weighted by Crippen LogP contribution is 2.21. The average Bonchev–Trinajstić information content (AvgIpc) is 2.20. The van der Waals surface area contributed by atoms with Gasteiger partial charge in [0.05, 0.1) is 6.10 Å². The molecule has 0 aromatic carbocycles. The van der Waals surface area contributed by atoms with Crippen molar-refractivity contribution in [3.05, 3.63) is 0 Å². The van der Waals surface area contributed by atoms with Crippen molar-refractivity contribution in [2.24, 2.45) is 0 Å². The summed E-state index contributed by atoms with van der Waals surface area (Å²) in [6.45, 7) is 0.758. The molecule has 0 aromatic rings. The molecule has 1 amide bonds. The molecular weight excluding hydrogens is 198 g/mol. The lowest BCUT2D eigenvalue weighted by Gasteiger charge is -2.28. The SMILES string of the molecule is O=C(O)NC1CCC(OCCCO)CC1. The summed E-state index contributed by atoms with van der Waals surface area (Å²) in [7, 11) is 0. The predicted molar refractivity (Wildman–Crippen MR) is 54.9 cm³/mol. The third-order valence-corrected chi connectivity index (χ3v) is 2.66. The van der Waals surface area contributed by atoms with Gasteiger partial charge >= 0.3 is 6.09 Å². The van der Waals surface area contributed by atoms with Crippen molar-refractivity contribution in [3.8, 4) is 0 Å². The maximum absolute atomic E-state index is 10.4. The van der Waals surface area contributed by atoms with Crippen LogP contribution in [-0.4, -0.2) is 41.7 Å². The molecule has 0 heterocycles. The minimum atomic E-state index is -0.945. The van der Waals surface area contributed by atoms with Gasteiger partial charge in [0, 0.05) is 19.3 Å². The van der Waals surface area contributed by atoms with Crippen LogP contribution in [0.3, 0.4) is 0 Å². The second-order valence-electron chi connectivity index (χ2n) is 3.87. The molecule has 1 rings (SSSR count). The molecule has 5 heteroatoms. The fourth-order valence-electron chi connectivity index (χ4n) is 1.86. The minimum absolute atomic E-state index is 0.0835. The van der Waals surface area contributed by atoms with Gasteiger partial charge in [0.2, 0.25) is 0 Å². The van der Waals surface area contributed by atoms with Crippen LogP contribution in [0.25, 0.3) is 0 Å². The van der Waals surface area contributed by atoms with E-state index in [4.69, 9.17) is 14.9 Å². The molecule has 0 spiro atoms. The van der Waals surface area contributed by atoms with Crippen LogP contribution in [0.5, 0.6) is 0 Å². The molecule has 1 fully saturated rings. The van der Waals surface area contributed by atoms with Gasteiger partial charge in [0.1, 0.15) is 0 Å². The summed E-state index contributed by atoms with van der Waals surface area (Å²) in [5.74, 6) is 0. The fraction of sp³-hybridized carbons (Fsp3) is 0.900. The van der Waals surface area contributed by atoms with Crippen molar-refractivity contribution in [2.45, 2.75) is 44.2 Å². The molecule has 88 valence electrons. The van der Waals surface area contributed by atoms with Gasteiger partial charge in [-0.3, -0.25) is 0 Å². The first-order valence-corrected chi connectivity index (χ1v) is 5.44. The van der Waals surface area contributed by atoms with E-state index in [9.17, 15) is 4.79 Å². The minimum Gasteiger partial charge on any atom is -0.465 e. The zero-order valence-electron chi connectivity index (χ0n) is 8.82. The lowest BCUT2D eigenvalue weighted by atomic mass is 9.93. The van der Waals surface area contributed by atoms with Crippen LogP contribution in [0, 0.1) is 0 Å². The zero-order valence-corrected chi connectivity index (χ0v) is 8.82. The third-order valence-electron chi connectivity index (χ3n) is 2.66. The molecule has 0 radical (unpaired) electrons. The van der Waals surface area contributed by atoms with Crippen molar-refractivity contribution in [1.82, 2.24) is 5.32 Å². The van der Waals surface area contributed by atoms with Crippen molar-refractivity contribution >= 4 is 6.09 Å². The van der Waals surface area contributed by atoms with Gasteiger partial charge in [-0.1, -0.05) is 0 Å². The van der Waals surface area contributed by atoms with Crippen LogP contribution in [0.2, 0.25) is 0 Å². The van der Waals surface area contributed by atoms with Gasteiger partial charge in [-0.25, -0.2) is 4.79 Å². The molecule has 0 saturated heterocycles. The number of hydrogen-bond acceptors (Lipinski definition) is 3. The Hall–Kier alpha value is -0.810. The van der Waals surface area contributed by atoms with Gasteiger partial charge in [-0.05, 0) is 32.1 Å². The molecule has 1 saturated carbocycles. The molecule has 1 aliphatic carbocycles. The molecule has 1 aliphatic rings. The highest BCUT2D eigenvalue weighted by molar-refractivity contribution is 5.64. The van der Waals surface area contributed by atoms with E-state index in [0.717, 1.165) is 25.7 Å². The third kappa shape index (κ3) is 4.99. The molecule has 0 bridgehead atoms. The highest BCUT2D eigenvalue weighted by atomic mass is 16.5. The summed E-state index contributed by atoms with van der Waals surface area (Å²) in [4.78, 5) is 10.4. The Bertz CT molecular complexity index is 190. The van der Waals surface area contributed by atoms with E-state index in [0.29, 0.717) is 13.0 Å². The van der Waals surface area contributed by atoms with Crippen LogP contribution >= 0.6 is 0 Å². The topological polar surface area (TPSA) is 78.8 Å². The second kappa shape index (κ2) is 6.63. The Morgan fingerprint density at radius 1 is 1.33 bits per heavy atom. The number of rotatable bonds is 5. The molecule has 15 heavy (non-hydrogen) atoms. The highest BCUT2D eigenvalue weighted by Gasteiger charge is 2.22. The number of nitrogens with one attached hydrogen (secondary N) is 1. The molecule has 0 aliphatic heterocycles. The number of aliphatic hydroxyl groups is 1. The van der Waals surface area contributed by atoms with E-state index < -0.39 is 6.09 Å². The lowest BCUT2D eigenvalue weighted by Crippen LogP contribution is -2.38. The van der Waals surface area contributed by atoms with E-state index >= 15 is 0 Å². The van der Waals surface area contributed by atoms with Gasteiger partial charge in [-0.15, -0.1) is 0 Å². The number of carbonyl (C=O) groups is 1. The molecule has 5 nitrogen and oxygen atoms in total. The summed E-state index contributed by atoms with van der Waals surface area (Å²) in [6.07, 6.45) is 3.45. The number of ether oxygens (including phenoxy) is 1. The first-order chi connectivity index (χ1) is 7.22. The van der Waals surface area contributed by atoms with E-state index in [1.807, 2.05) is 0 Å². The Labute approximate surface area is 89.4 Å². The predicted octanol–water partition coefficient (Wildman–Crippen LogP) is 0.964. The summed E-state index contributed by atoms with van der Waals surface area (Å²) in [6, 6.07) is 0.0835. The Balaban J connectivity index is 2.10. The first-order valence-electron chi connectivity index (χ1n) is 5.44. The largest absolute Gasteiger partial charge is 0.465 e. The number of amides is 1. The van der Waals surface area contributed by atoms with E-state index in [2.05, 4.69) is 5.32 Å². The summed E-state index contributed by atoms with van der Waals surface area (Å²) in [5.41, 5.74) is 0. The van der Waals surface area contributed by atoms with Gasteiger partial charge in [-0.2, -0.15) is 0 Å². The maximum atomic E-state index is 10.4. The Morgan fingerprint density at radius 2 is 2.00 bits per heavy atom. The summed E-state index contributed by atoms with van der Waals surface area (Å²) < 4.78 is 5.54. The number of hydrogen-bond donors (Lipinski definition) is 3. The van der Waals surface area contributed by atoms with Gasteiger partial charge in [0.15, 0.2) is 0 Å². The second-order valence-corrected chi connectivity index (χ2v) is 3.87. The van der Waals surface area contributed by atoms with Gasteiger partial charge < -0.3 is 20.3 Å². The zero-order chi connectivity index (χ0) is 11.1. The quantitative estimate of drug-likeness (QED) is 0.599. The molecular formula is C10H19NO4. The van der Waals surface area contributed by atoms with Crippen LogP contribution in [-0.2, 0) is 4.74 Å². The van der Waals surface area contributed by atoms with Crippen LogP contribution in [0.4, 0.5) is 4.79 Å². The van der Waals surface area contributed by atoms with Crippen LogP contribution < -0.4 is 5.32 Å². The standard InChI is InChI=1S/C10H19NO4/c12-6-1-7-15-9-4-2-8(3-5-9)11-10(13)14/h8-9,11-12H,1-7H2,(H,13,14). The van der Waals surface area contributed by atoms with E-state index in [1.165, 1.54) is 0 Å². The van der Waals surface area contributed by atoms with Crippen LogP contribution in [0.1, 0.15) is 32.1 Å².